The third-order valence-electron chi connectivity index (χ3n) is 9.37. The molecule has 0 heterocycles. The number of phenolic OH excluding ortho intramolecular Hbond substituents is 1. The third kappa shape index (κ3) is 10.6. The van der Waals surface area contributed by atoms with E-state index >= 15 is 0 Å². The zero-order valence-corrected chi connectivity index (χ0v) is 33.9. The number of nitriles is 2. The fourth-order valence-electron chi connectivity index (χ4n) is 6.02. The van der Waals surface area contributed by atoms with E-state index in [0.29, 0.717) is 11.1 Å². The number of rotatable bonds is 15. The molecule has 5 amide bonds. The second-order valence-electron chi connectivity index (χ2n) is 13.4. The van der Waals surface area contributed by atoms with Gasteiger partial charge < -0.3 is 51.4 Å². The van der Waals surface area contributed by atoms with Crippen molar-refractivity contribution in [3.8, 4) is 35.1 Å². The van der Waals surface area contributed by atoms with Crippen molar-refractivity contribution in [2.45, 2.75) is 19.4 Å². The van der Waals surface area contributed by atoms with E-state index < -0.39 is 70.8 Å². The minimum absolute atomic E-state index is 0.0340. The number of nitrogens with zero attached hydrogens (tertiary/aromatic N) is 2. The number of aromatic hydroxyl groups is 2. The Morgan fingerprint density at radius 3 is 1.64 bits per heavy atom. The van der Waals surface area contributed by atoms with Crippen molar-refractivity contribution in [1.82, 2.24) is 5.32 Å². The Labute approximate surface area is 363 Å². The highest BCUT2D eigenvalue weighted by atomic mass is 19.1. The monoisotopic (exact) mass is 869 g/mol. The van der Waals surface area contributed by atoms with E-state index in [1.807, 2.05) is 12.1 Å². The molecular formula is C45H36FN7O11. The fourth-order valence-corrected chi connectivity index (χ4v) is 6.02. The first-order valence-electron chi connectivity index (χ1n) is 18.6. The molecule has 0 radical (unpaired) electrons. The highest BCUT2D eigenvalue weighted by molar-refractivity contribution is 6.12. The normalized spacial score (nSPS) is 11.3. The van der Waals surface area contributed by atoms with E-state index in [2.05, 4.69) is 26.6 Å². The van der Waals surface area contributed by atoms with Crippen LogP contribution < -0.4 is 36.1 Å². The lowest BCUT2D eigenvalue weighted by Gasteiger charge is -2.17. The zero-order valence-electron chi connectivity index (χ0n) is 33.9. The van der Waals surface area contributed by atoms with Crippen molar-refractivity contribution in [1.29, 1.82) is 10.5 Å². The molecule has 0 aliphatic carbocycles. The first-order valence-corrected chi connectivity index (χ1v) is 18.6. The van der Waals surface area contributed by atoms with Crippen LogP contribution in [0, 0.1) is 28.5 Å². The molecule has 0 fully saturated rings. The van der Waals surface area contributed by atoms with Gasteiger partial charge in [0.15, 0.2) is 23.0 Å². The Kier molecular flexibility index (Phi) is 14.6. The van der Waals surface area contributed by atoms with Gasteiger partial charge in [-0.15, -0.1) is 0 Å². The number of nitrogens with one attached hydrogen (secondary N) is 5. The number of allylic oxidation sites excluding steroid dienone is 1. The van der Waals surface area contributed by atoms with Gasteiger partial charge in [0.1, 0.15) is 29.1 Å². The molecular weight excluding hydrogens is 834 g/mol. The van der Waals surface area contributed by atoms with Crippen LogP contribution in [0.5, 0.6) is 23.0 Å². The maximum absolute atomic E-state index is 13.3. The summed E-state index contributed by atoms with van der Waals surface area (Å²) in [5, 5.41) is 62.1. The number of hydrogen-bond acceptors (Lipinski definition) is 12. The molecule has 5 aromatic rings. The van der Waals surface area contributed by atoms with Crippen LogP contribution in [0.2, 0.25) is 0 Å². The molecule has 0 saturated carbocycles. The first kappa shape index (κ1) is 45.8. The summed E-state index contributed by atoms with van der Waals surface area (Å²) in [5.74, 6) is -7.71. The van der Waals surface area contributed by atoms with Crippen molar-refractivity contribution in [2.24, 2.45) is 0 Å². The van der Waals surface area contributed by atoms with E-state index in [0.717, 1.165) is 13.2 Å². The van der Waals surface area contributed by atoms with Crippen molar-refractivity contribution in [3.63, 3.8) is 0 Å². The van der Waals surface area contributed by atoms with Crippen LogP contribution in [0.25, 0.3) is 5.57 Å². The Hall–Kier alpha value is -9.23. The number of phenols is 2. The van der Waals surface area contributed by atoms with E-state index in [1.54, 1.807) is 6.92 Å². The molecule has 324 valence electrons. The molecule has 0 saturated heterocycles. The Morgan fingerprint density at radius 1 is 0.641 bits per heavy atom. The number of methoxy groups -OCH3 is 2. The summed E-state index contributed by atoms with van der Waals surface area (Å²) in [7, 11) is 2.33. The van der Waals surface area contributed by atoms with Crippen LogP contribution in [0.1, 0.15) is 60.3 Å². The largest absolute Gasteiger partial charge is 0.504 e. The summed E-state index contributed by atoms with van der Waals surface area (Å²) in [4.78, 5) is 76.8. The predicted octanol–water partition coefficient (Wildman–Crippen LogP) is 6.04. The summed E-state index contributed by atoms with van der Waals surface area (Å²) in [5.41, 5.74) is 0.280. The average Bonchev–Trinajstić information content (AvgIpc) is 3.27. The first-order chi connectivity index (χ1) is 30.6. The van der Waals surface area contributed by atoms with Crippen LogP contribution in [-0.2, 0) is 9.59 Å². The third-order valence-corrected chi connectivity index (χ3v) is 9.37. The molecule has 19 heteroatoms. The topological polar surface area (TPSA) is 289 Å². The molecule has 0 aliphatic rings. The standard InChI is InChI=1S/C45H36FN7O11/c1-23(24-4-10-27(46)11-5-24)32(22-48)43(59)49-28-12-6-26(7-13-28)41(57)53-35(20-21-47)44(60)50-29-14-8-25(9-15-29)40(56)51-33-18-16-30(36(54)38(33)63-2)42(58)52-34-19-17-31(45(61)62)37(55)39(34)64-3/h4-19,35,54-55H,20H2,1-3H3,(H,49,59)(H,50,60)(H,51,56)(H,52,58)(H,53,57)(H,61,62)/b32-23+/t35-/m0/s1. The lowest BCUT2D eigenvalue weighted by atomic mass is 10.0. The van der Waals surface area contributed by atoms with E-state index in [1.165, 1.54) is 98.1 Å². The van der Waals surface area contributed by atoms with Gasteiger partial charge in [0.25, 0.3) is 23.6 Å². The van der Waals surface area contributed by atoms with Crippen LogP contribution in [0.3, 0.4) is 0 Å². The highest BCUT2D eigenvalue weighted by Gasteiger charge is 2.25. The van der Waals surface area contributed by atoms with Crippen LogP contribution in [0.15, 0.2) is 103 Å². The number of halogens is 1. The number of carbonyl (C=O) groups excluding carboxylic acids is 5. The van der Waals surface area contributed by atoms with Gasteiger partial charge in [-0.2, -0.15) is 10.5 Å². The fraction of sp³-hybridized carbons (Fsp3) is 0.111. The second-order valence-corrected chi connectivity index (χ2v) is 13.4. The number of carboxylic acid groups (broad SMARTS) is 1. The van der Waals surface area contributed by atoms with E-state index in [4.69, 9.17) is 9.47 Å². The number of carbonyl (C=O) groups is 6. The molecule has 0 aromatic heterocycles. The van der Waals surface area contributed by atoms with Crippen LogP contribution in [0.4, 0.5) is 27.1 Å². The second kappa shape index (κ2) is 20.4. The molecule has 64 heavy (non-hydrogen) atoms. The highest BCUT2D eigenvalue weighted by Crippen LogP contribution is 2.40. The number of anilines is 4. The van der Waals surface area contributed by atoms with E-state index in [9.17, 15) is 59.0 Å². The molecule has 0 aliphatic heterocycles. The predicted molar refractivity (Wildman–Crippen MR) is 228 cm³/mol. The van der Waals surface area contributed by atoms with Crippen LogP contribution >= 0.6 is 0 Å². The summed E-state index contributed by atoms with van der Waals surface area (Å²) in [6, 6.07) is 23.4. The molecule has 0 spiro atoms. The SMILES string of the molecule is COc1c(NC(=O)c2ccc(NC(=O)c3ccc(NC(=O)[C@H](CC#N)NC(=O)c4ccc(NC(=O)/C(C#N)=C(\C)c5ccc(F)cc5)cc4)cc3)c(OC)c2O)ccc(C(=O)O)c1O. The average molecular weight is 870 g/mol. The minimum atomic E-state index is -1.43. The van der Waals surface area contributed by atoms with Gasteiger partial charge in [-0.05, 0) is 103 Å². The Bertz CT molecular complexity index is 2780. The lowest BCUT2D eigenvalue weighted by molar-refractivity contribution is -0.118. The molecule has 1 atom stereocenters. The summed E-state index contributed by atoms with van der Waals surface area (Å²) >= 11 is 0. The van der Waals surface area contributed by atoms with Gasteiger partial charge >= 0.3 is 5.97 Å². The molecule has 0 unspecified atom stereocenters. The van der Waals surface area contributed by atoms with Gasteiger partial charge in [0.2, 0.25) is 5.91 Å². The van der Waals surface area contributed by atoms with Gasteiger partial charge in [-0.25, -0.2) is 9.18 Å². The zero-order chi connectivity index (χ0) is 46.7. The summed E-state index contributed by atoms with van der Waals surface area (Å²) < 4.78 is 23.7. The Morgan fingerprint density at radius 2 is 1.12 bits per heavy atom. The number of hydrogen-bond donors (Lipinski definition) is 8. The molecule has 18 nitrogen and oxygen atoms in total. The lowest BCUT2D eigenvalue weighted by Crippen LogP contribution is -2.43. The summed E-state index contributed by atoms with van der Waals surface area (Å²) in [6.07, 6.45) is -0.407. The number of carboxylic acids is 1. The smallest absolute Gasteiger partial charge is 0.339 e. The van der Waals surface area contributed by atoms with Crippen molar-refractivity contribution < 1.29 is 58.0 Å². The quantitative estimate of drug-likeness (QED) is 0.0440. The van der Waals surface area contributed by atoms with Gasteiger partial charge in [-0.3, -0.25) is 24.0 Å². The van der Waals surface area contributed by atoms with Gasteiger partial charge in [-0.1, -0.05) is 12.1 Å². The van der Waals surface area contributed by atoms with Crippen molar-refractivity contribution in [3.05, 3.63) is 136 Å². The number of ether oxygens (including phenoxy) is 2. The summed E-state index contributed by atoms with van der Waals surface area (Å²) in [6.45, 7) is 1.55. The molecule has 0 bridgehead atoms. The number of amides is 5. The maximum atomic E-state index is 13.3. The Balaban J connectivity index is 1.19. The molecule has 5 aromatic carbocycles. The van der Waals surface area contributed by atoms with Gasteiger partial charge in [0.05, 0.1) is 43.6 Å². The van der Waals surface area contributed by atoms with Crippen molar-refractivity contribution in [2.75, 3.05) is 35.5 Å². The molecule has 8 N–H and O–H groups in total. The number of aromatic carboxylic acids is 1. The van der Waals surface area contributed by atoms with Crippen molar-refractivity contribution >= 4 is 63.8 Å². The molecule has 5 rings (SSSR count). The number of benzene rings is 5. The van der Waals surface area contributed by atoms with Gasteiger partial charge in [0, 0.05) is 22.5 Å². The minimum Gasteiger partial charge on any atom is -0.504 e. The van der Waals surface area contributed by atoms with E-state index in [-0.39, 0.29) is 56.5 Å². The maximum Gasteiger partial charge on any atom is 0.339 e. The van der Waals surface area contributed by atoms with Crippen LogP contribution in [-0.4, -0.2) is 71.1 Å².